The predicted molar refractivity (Wildman–Crippen MR) is 64.1 cm³/mol. The average Bonchev–Trinajstić information content (AvgIpc) is 2.65. The van der Waals surface area contributed by atoms with Crippen LogP contribution in [0.5, 0.6) is 0 Å². The topological polar surface area (TPSA) is 46.3 Å². The molecule has 0 saturated carbocycles. The Kier molecular flexibility index (Phi) is 3.34. The van der Waals surface area contributed by atoms with Crippen LogP contribution in [0.3, 0.4) is 0 Å². The average molecular weight is 254 g/mol. The summed E-state index contributed by atoms with van der Waals surface area (Å²) in [5, 5.41) is 0. The van der Waals surface area contributed by atoms with Gasteiger partial charge < -0.3 is 10.6 Å². The first-order valence-electron chi connectivity index (χ1n) is 5.91. The van der Waals surface area contributed by atoms with Crippen LogP contribution in [-0.2, 0) is 0 Å². The fourth-order valence-electron chi connectivity index (χ4n) is 2.17. The molecule has 1 aliphatic rings. The van der Waals surface area contributed by atoms with Crippen molar-refractivity contribution in [3.63, 3.8) is 0 Å². The highest BCUT2D eigenvalue weighted by Gasteiger charge is 2.33. The Morgan fingerprint density at radius 2 is 2.06 bits per heavy atom. The molecule has 1 fully saturated rings. The van der Waals surface area contributed by atoms with Crippen LogP contribution in [0.15, 0.2) is 12.1 Å². The normalized spacial score (nSPS) is 23.5. The lowest BCUT2D eigenvalue weighted by atomic mass is 10.1. The third-order valence-corrected chi connectivity index (χ3v) is 3.46. The molecular formula is C13H16F2N2O. The molecule has 1 amide bonds. The van der Waals surface area contributed by atoms with E-state index in [-0.39, 0.29) is 17.5 Å². The van der Waals surface area contributed by atoms with Gasteiger partial charge in [-0.05, 0) is 24.5 Å². The van der Waals surface area contributed by atoms with Crippen LogP contribution in [0.2, 0.25) is 0 Å². The summed E-state index contributed by atoms with van der Waals surface area (Å²) in [6.45, 7) is 4.20. The van der Waals surface area contributed by atoms with Crippen LogP contribution >= 0.6 is 0 Å². The lowest BCUT2D eigenvalue weighted by Crippen LogP contribution is -2.33. The van der Waals surface area contributed by atoms with E-state index < -0.39 is 23.1 Å². The van der Waals surface area contributed by atoms with Crippen molar-refractivity contribution in [1.29, 1.82) is 0 Å². The van der Waals surface area contributed by atoms with Gasteiger partial charge in [-0.15, -0.1) is 0 Å². The van der Waals surface area contributed by atoms with Gasteiger partial charge in [-0.1, -0.05) is 13.0 Å². The number of benzene rings is 1. The maximum Gasteiger partial charge on any atom is 0.259 e. The summed E-state index contributed by atoms with van der Waals surface area (Å²) in [5.41, 5.74) is 5.59. The van der Waals surface area contributed by atoms with Crippen molar-refractivity contribution in [3.05, 3.63) is 34.9 Å². The molecule has 2 unspecified atom stereocenters. The minimum absolute atomic E-state index is 0.134. The third kappa shape index (κ3) is 2.10. The van der Waals surface area contributed by atoms with Crippen molar-refractivity contribution < 1.29 is 13.6 Å². The molecule has 1 saturated heterocycles. The van der Waals surface area contributed by atoms with Crippen molar-refractivity contribution in [1.82, 2.24) is 4.90 Å². The second-order valence-corrected chi connectivity index (χ2v) is 4.90. The van der Waals surface area contributed by atoms with Crippen LogP contribution in [0.25, 0.3) is 0 Å². The summed E-state index contributed by atoms with van der Waals surface area (Å²) in [5.74, 6) is -2.08. The largest absolute Gasteiger partial charge is 0.337 e. The molecule has 1 aliphatic heterocycles. The number of carbonyl (C=O) groups excluding carboxylic acids is 1. The molecule has 0 spiro atoms. The maximum absolute atomic E-state index is 13.8. The molecule has 0 radical (unpaired) electrons. The van der Waals surface area contributed by atoms with Gasteiger partial charge in [0.25, 0.3) is 5.91 Å². The zero-order valence-electron chi connectivity index (χ0n) is 10.4. The molecule has 2 rings (SSSR count). The van der Waals surface area contributed by atoms with E-state index >= 15 is 0 Å². The number of hydrogen-bond acceptors (Lipinski definition) is 2. The van der Waals surface area contributed by atoms with Gasteiger partial charge in [0.2, 0.25) is 0 Å². The Morgan fingerprint density at radius 1 is 1.39 bits per heavy atom. The third-order valence-electron chi connectivity index (χ3n) is 3.46. The maximum atomic E-state index is 13.8. The number of nitrogens with zero attached hydrogens (tertiary/aromatic N) is 1. The van der Waals surface area contributed by atoms with Crippen molar-refractivity contribution >= 4 is 5.91 Å². The number of aryl methyl sites for hydroxylation is 1. The summed E-state index contributed by atoms with van der Waals surface area (Å²) in [6.07, 6.45) is 0. The van der Waals surface area contributed by atoms with Gasteiger partial charge in [0.1, 0.15) is 17.2 Å². The molecule has 2 atom stereocenters. The second-order valence-electron chi connectivity index (χ2n) is 4.90. The fraction of sp³-hybridized carbons (Fsp3) is 0.462. The minimum Gasteiger partial charge on any atom is -0.337 e. The Bertz CT molecular complexity index is 480. The number of likely N-dealkylation sites (tertiary alicyclic amines) is 1. The molecule has 98 valence electrons. The molecule has 1 aromatic carbocycles. The summed E-state index contributed by atoms with van der Waals surface area (Å²) in [4.78, 5) is 13.5. The lowest BCUT2D eigenvalue weighted by molar-refractivity contribution is 0.0777. The lowest BCUT2D eigenvalue weighted by Gasteiger charge is -2.17. The predicted octanol–water partition coefficient (Wildman–Crippen LogP) is 1.69. The smallest absolute Gasteiger partial charge is 0.259 e. The minimum atomic E-state index is -0.823. The van der Waals surface area contributed by atoms with Gasteiger partial charge in [-0.3, -0.25) is 4.79 Å². The van der Waals surface area contributed by atoms with Crippen molar-refractivity contribution in [2.24, 2.45) is 11.7 Å². The van der Waals surface area contributed by atoms with E-state index in [2.05, 4.69) is 0 Å². The molecule has 2 N–H and O–H groups in total. The zero-order valence-corrected chi connectivity index (χ0v) is 10.4. The number of halogens is 2. The standard InChI is InChI=1S/C13H16F2N2O/c1-7-3-4-9(14)11(12(7)15)13(18)17-5-8(2)10(16)6-17/h3-4,8,10H,5-6,16H2,1-2H3. The van der Waals surface area contributed by atoms with Crippen LogP contribution < -0.4 is 5.73 Å². The molecule has 18 heavy (non-hydrogen) atoms. The highest BCUT2D eigenvalue weighted by molar-refractivity contribution is 5.95. The van der Waals surface area contributed by atoms with Gasteiger partial charge in [0.15, 0.2) is 0 Å². The Morgan fingerprint density at radius 3 is 2.61 bits per heavy atom. The van der Waals surface area contributed by atoms with Crippen molar-refractivity contribution in [2.75, 3.05) is 13.1 Å². The number of amides is 1. The number of hydrogen-bond donors (Lipinski definition) is 1. The number of carbonyl (C=O) groups is 1. The van der Waals surface area contributed by atoms with Crippen LogP contribution in [0.1, 0.15) is 22.8 Å². The molecule has 1 aromatic rings. The first-order valence-corrected chi connectivity index (χ1v) is 5.91. The van der Waals surface area contributed by atoms with Gasteiger partial charge in [-0.2, -0.15) is 0 Å². The molecule has 1 heterocycles. The summed E-state index contributed by atoms with van der Waals surface area (Å²) >= 11 is 0. The molecule has 5 heteroatoms. The highest BCUT2D eigenvalue weighted by Crippen LogP contribution is 2.22. The van der Waals surface area contributed by atoms with E-state index in [9.17, 15) is 13.6 Å². The number of nitrogens with two attached hydrogens (primary N) is 1. The van der Waals surface area contributed by atoms with Gasteiger partial charge in [0.05, 0.1) is 0 Å². The molecular weight excluding hydrogens is 238 g/mol. The Labute approximate surface area is 105 Å². The first-order chi connectivity index (χ1) is 8.41. The molecule has 0 aromatic heterocycles. The van der Waals surface area contributed by atoms with E-state index in [0.717, 1.165) is 6.07 Å². The SMILES string of the molecule is Cc1ccc(F)c(C(=O)N2CC(C)C(N)C2)c1F. The summed E-state index contributed by atoms with van der Waals surface area (Å²) < 4.78 is 27.5. The van der Waals surface area contributed by atoms with Gasteiger partial charge >= 0.3 is 0 Å². The second kappa shape index (κ2) is 4.65. The van der Waals surface area contributed by atoms with Gasteiger partial charge in [0, 0.05) is 19.1 Å². The van der Waals surface area contributed by atoms with E-state index in [4.69, 9.17) is 5.73 Å². The van der Waals surface area contributed by atoms with E-state index in [0.29, 0.717) is 13.1 Å². The van der Waals surface area contributed by atoms with E-state index in [1.54, 1.807) is 0 Å². The van der Waals surface area contributed by atoms with Crippen molar-refractivity contribution in [3.8, 4) is 0 Å². The molecule has 0 bridgehead atoms. The van der Waals surface area contributed by atoms with Gasteiger partial charge in [-0.25, -0.2) is 8.78 Å². The van der Waals surface area contributed by atoms with E-state index in [1.807, 2.05) is 6.92 Å². The van der Waals surface area contributed by atoms with Crippen LogP contribution in [-0.4, -0.2) is 29.9 Å². The number of rotatable bonds is 1. The quantitative estimate of drug-likeness (QED) is 0.829. The molecule has 0 aliphatic carbocycles. The zero-order chi connectivity index (χ0) is 13.4. The van der Waals surface area contributed by atoms with Crippen molar-refractivity contribution in [2.45, 2.75) is 19.9 Å². The Hall–Kier alpha value is -1.49. The van der Waals surface area contributed by atoms with E-state index in [1.165, 1.54) is 17.9 Å². The summed E-state index contributed by atoms with van der Waals surface area (Å²) in [6, 6.07) is 2.30. The fourth-order valence-corrected chi connectivity index (χ4v) is 2.17. The highest BCUT2D eigenvalue weighted by atomic mass is 19.1. The Balaban J connectivity index is 2.33. The monoisotopic (exact) mass is 254 g/mol. The van der Waals surface area contributed by atoms with Crippen LogP contribution in [0, 0.1) is 24.5 Å². The van der Waals surface area contributed by atoms with Crippen LogP contribution in [0.4, 0.5) is 8.78 Å². The summed E-state index contributed by atoms with van der Waals surface area (Å²) in [7, 11) is 0. The first kappa shape index (κ1) is 13.0. The molecule has 3 nitrogen and oxygen atoms in total.